The zero-order valence-electron chi connectivity index (χ0n) is 12.9. The zero-order chi connectivity index (χ0) is 15.2. The van der Waals surface area contributed by atoms with Gasteiger partial charge < -0.3 is 20.1 Å². The molecule has 1 amide bonds. The van der Waals surface area contributed by atoms with Crippen LogP contribution in [0.5, 0.6) is 11.5 Å². The van der Waals surface area contributed by atoms with E-state index in [0.717, 1.165) is 31.5 Å². The van der Waals surface area contributed by atoms with Gasteiger partial charge in [0.05, 0.1) is 26.2 Å². The summed E-state index contributed by atoms with van der Waals surface area (Å²) in [6.45, 7) is 3.76. The Morgan fingerprint density at radius 3 is 2.71 bits per heavy atom. The lowest BCUT2D eigenvalue weighted by Gasteiger charge is -2.24. The second-order valence-corrected chi connectivity index (χ2v) is 5.39. The quantitative estimate of drug-likeness (QED) is 0.870. The maximum atomic E-state index is 12.3. The molecule has 2 atom stereocenters. The summed E-state index contributed by atoms with van der Waals surface area (Å²) in [7, 11) is 3.22. The third-order valence-electron chi connectivity index (χ3n) is 3.93. The van der Waals surface area contributed by atoms with Crippen LogP contribution in [0.25, 0.3) is 0 Å². The number of piperidine rings is 1. The molecule has 1 aromatic rings. The zero-order valence-corrected chi connectivity index (χ0v) is 12.9. The topological polar surface area (TPSA) is 59.6 Å². The van der Waals surface area contributed by atoms with Crippen molar-refractivity contribution >= 4 is 5.91 Å². The largest absolute Gasteiger partial charge is 0.493 e. The number of hydrogen-bond acceptors (Lipinski definition) is 4. The minimum Gasteiger partial charge on any atom is -0.493 e. The van der Waals surface area contributed by atoms with Gasteiger partial charge in [0.25, 0.3) is 0 Å². The molecule has 1 saturated heterocycles. The molecule has 2 rings (SSSR count). The van der Waals surface area contributed by atoms with Crippen LogP contribution in [-0.2, 0) is 4.79 Å². The predicted octanol–water partition coefficient (Wildman–Crippen LogP) is 1.88. The first-order valence-electron chi connectivity index (χ1n) is 7.38. The van der Waals surface area contributed by atoms with E-state index in [0.29, 0.717) is 11.5 Å². The van der Waals surface area contributed by atoms with Crippen LogP contribution in [-0.4, -0.2) is 33.2 Å². The molecule has 0 radical (unpaired) electrons. The van der Waals surface area contributed by atoms with Crippen molar-refractivity contribution in [3.8, 4) is 11.5 Å². The fraction of sp³-hybridized carbons (Fsp3) is 0.562. The summed E-state index contributed by atoms with van der Waals surface area (Å²) in [6, 6.07) is 5.66. The highest BCUT2D eigenvalue weighted by atomic mass is 16.5. The number of hydrogen-bond donors (Lipinski definition) is 2. The normalized spacial score (nSPS) is 19.7. The van der Waals surface area contributed by atoms with Crippen LogP contribution >= 0.6 is 0 Å². The molecule has 1 aliphatic rings. The van der Waals surface area contributed by atoms with Crippen molar-refractivity contribution in [2.45, 2.75) is 25.8 Å². The number of carbonyl (C=O) groups is 1. The lowest BCUT2D eigenvalue weighted by Crippen LogP contribution is -2.41. The van der Waals surface area contributed by atoms with E-state index in [9.17, 15) is 4.79 Å². The van der Waals surface area contributed by atoms with Gasteiger partial charge in [-0.15, -0.1) is 0 Å². The van der Waals surface area contributed by atoms with Crippen LogP contribution in [0.3, 0.4) is 0 Å². The summed E-state index contributed by atoms with van der Waals surface area (Å²) in [5.41, 5.74) is 1.00. The van der Waals surface area contributed by atoms with Crippen molar-refractivity contribution in [2.24, 2.45) is 5.92 Å². The summed E-state index contributed by atoms with van der Waals surface area (Å²) in [5, 5.41) is 6.34. The summed E-state index contributed by atoms with van der Waals surface area (Å²) in [5.74, 6) is 1.55. The van der Waals surface area contributed by atoms with Crippen molar-refractivity contribution in [3.05, 3.63) is 23.8 Å². The van der Waals surface area contributed by atoms with Crippen LogP contribution in [0.15, 0.2) is 18.2 Å². The average Bonchev–Trinajstić information content (AvgIpc) is 2.54. The number of amides is 1. The maximum absolute atomic E-state index is 12.3. The fourth-order valence-electron chi connectivity index (χ4n) is 2.61. The van der Waals surface area contributed by atoms with E-state index in [2.05, 4.69) is 10.6 Å². The molecule has 1 fully saturated rings. The molecule has 0 aliphatic carbocycles. The van der Waals surface area contributed by atoms with Gasteiger partial charge in [0.1, 0.15) is 0 Å². The number of benzene rings is 1. The second-order valence-electron chi connectivity index (χ2n) is 5.39. The van der Waals surface area contributed by atoms with Crippen LogP contribution in [0.2, 0.25) is 0 Å². The molecule has 1 unspecified atom stereocenters. The molecule has 21 heavy (non-hydrogen) atoms. The monoisotopic (exact) mass is 292 g/mol. The Hall–Kier alpha value is -1.75. The van der Waals surface area contributed by atoms with Gasteiger partial charge in [-0.1, -0.05) is 6.07 Å². The molecule has 0 spiro atoms. The summed E-state index contributed by atoms with van der Waals surface area (Å²) in [6.07, 6.45) is 2.01. The van der Waals surface area contributed by atoms with Gasteiger partial charge >= 0.3 is 0 Å². The van der Waals surface area contributed by atoms with Gasteiger partial charge in [0.2, 0.25) is 5.91 Å². The number of rotatable bonds is 5. The number of methoxy groups -OCH3 is 2. The highest BCUT2D eigenvalue weighted by Crippen LogP contribution is 2.30. The minimum atomic E-state index is -0.0563. The Balaban J connectivity index is 2.02. The van der Waals surface area contributed by atoms with Crippen LogP contribution in [0, 0.1) is 5.92 Å². The van der Waals surface area contributed by atoms with Crippen LogP contribution in [0.1, 0.15) is 31.4 Å². The van der Waals surface area contributed by atoms with E-state index in [1.807, 2.05) is 25.1 Å². The lowest BCUT2D eigenvalue weighted by atomic mass is 9.98. The molecule has 1 aromatic carbocycles. The Morgan fingerprint density at radius 2 is 2.10 bits per heavy atom. The first-order chi connectivity index (χ1) is 10.2. The molecule has 0 saturated carbocycles. The van der Waals surface area contributed by atoms with Gasteiger partial charge in [-0.2, -0.15) is 0 Å². The molecule has 5 nitrogen and oxygen atoms in total. The highest BCUT2D eigenvalue weighted by Gasteiger charge is 2.22. The fourth-order valence-corrected chi connectivity index (χ4v) is 2.61. The molecule has 1 heterocycles. The molecule has 0 aromatic heterocycles. The summed E-state index contributed by atoms with van der Waals surface area (Å²) < 4.78 is 10.5. The molecule has 5 heteroatoms. The van der Waals surface area contributed by atoms with Crippen LogP contribution in [0.4, 0.5) is 0 Å². The van der Waals surface area contributed by atoms with Crippen molar-refractivity contribution in [1.82, 2.24) is 10.6 Å². The highest BCUT2D eigenvalue weighted by molar-refractivity contribution is 5.79. The number of nitrogens with one attached hydrogen (secondary N) is 2. The standard InChI is InChI=1S/C16H24N2O3/c1-11(18-16(19)13-5-4-8-17-10-13)12-6-7-14(20-2)15(9-12)21-3/h6-7,9,11,13,17H,4-5,8,10H2,1-3H3,(H,18,19)/t11?,13-/m0/s1. The van der Waals surface area contributed by atoms with Crippen molar-refractivity contribution < 1.29 is 14.3 Å². The minimum absolute atomic E-state index is 0.0563. The molecule has 2 N–H and O–H groups in total. The third-order valence-corrected chi connectivity index (χ3v) is 3.93. The number of carbonyl (C=O) groups excluding carboxylic acids is 1. The maximum Gasteiger partial charge on any atom is 0.224 e. The Morgan fingerprint density at radius 1 is 1.33 bits per heavy atom. The third kappa shape index (κ3) is 3.88. The molecular formula is C16H24N2O3. The van der Waals surface area contributed by atoms with E-state index in [4.69, 9.17) is 9.47 Å². The van der Waals surface area contributed by atoms with Crippen molar-refractivity contribution in [3.63, 3.8) is 0 Å². The first kappa shape index (κ1) is 15.6. The second kappa shape index (κ2) is 7.31. The smallest absolute Gasteiger partial charge is 0.224 e. The average molecular weight is 292 g/mol. The van der Waals surface area contributed by atoms with E-state index in [1.165, 1.54) is 0 Å². The summed E-state index contributed by atoms with van der Waals surface area (Å²) >= 11 is 0. The Kier molecular flexibility index (Phi) is 5.44. The SMILES string of the molecule is COc1ccc(C(C)NC(=O)[C@H]2CCCNC2)cc1OC. The van der Waals surface area contributed by atoms with E-state index >= 15 is 0 Å². The summed E-state index contributed by atoms with van der Waals surface area (Å²) in [4.78, 5) is 12.3. The first-order valence-corrected chi connectivity index (χ1v) is 7.38. The Bertz CT molecular complexity index is 484. The van der Waals surface area contributed by atoms with Gasteiger partial charge in [-0.3, -0.25) is 4.79 Å². The molecular weight excluding hydrogens is 268 g/mol. The predicted molar refractivity (Wildman–Crippen MR) is 81.7 cm³/mol. The van der Waals surface area contributed by atoms with E-state index < -0.39 is 0 Å². The van der Waals surface area contributed by atoms with Gasteiger partial charge in [-0.25, -0.2) is 0 Å². The molecule has 0 bridgehead atoms. The van der Waals surface area contributed by atoms with Gasteiger partial charge in [0, 0.05) is 6.54 Å². The van der Waals surface area contributed by atoms with Gasteiger partial charge in [0.15, 0.2) is 11.5 Å². The van der Waals surface area contributed by atoms with E-state index in [-0.39, 0.29) is 17.9 Å². The Labute approximate surface area is 126 Å². The van der Waals surface area contributed by atoms with Gasteiger partial charge in [-0.05, 0) is 44.0 Å². The van der Waals surface area contributed by atoms with Crippen LogP contribution < -0.4 is 20.1 Å². The van der Waals surface area contributed by atoms with E-state index in [1.54, 1.807) is 14.2 Å². The van der Waals surface area contributed by atoms with Crippen molar-refractivity contribution in [2.75, 3.05) is 27.3 Å². The molecule has 1 aliphatic heterocycles. The lowest BCUT2D eigenvalue weighted by molar-refractivity contribution is -0.126. The van der Waals surface area contributed by atoms with Crippen molar-refractivity contribution in [1.29, 1.82) is 0 Å². The molecule has 116 valence electrons. The number of ether oxygens (including phenoxy) is 2.